The van der Waals surface area contributed by atoms with Crippen LogP contribution in [0.1, 0.15) is 54.6 Å². The van der Waals surface area contributed by atoms with Gasteiger partial charge in [-0.1, -0.05) is 38.1 Å². The maximum atomic E-state index is 13.2. The Bertz CT molecular complexity index is 1200. The number of ether oxygens (including phenoxy) is 1. The van der Waals surface area contributed by atoms with E-state index in [9.17, 15) is 9.59 Å². The van der Waals surface area contributed by atoms with Crippen LogP contribution in [0.3, 0.4) is 0 Å². The molecule has 0 aromatic heterocycles. The van der Waals surface area contributed by atoms with Crippen LogP contribution in [-0.2, 0) is 16.0 Å². The predicted molar refractivity (Wildman–Crippen MR) is 144 cm³/mol. The van der Waals surface area contributed by atoms with Gasteiger partial charge in [0.1, 0.15) is 5.84 Å². The monoisotopic (exact) mass is 488 g/mol. The highest BCUT2D eigenvalue weighted by molar-refractivity contribution is 6.05. The molecule has 0 spiro atoms. The molecule has 0 fully saturated rings. The first-order chi connectivity index (χ1) is 17.4. The van der Waals surface area contributed by atoms with Crippen LogP contribution in [0.5, 0.6) is 0 Å². The first kappa shape index (κ1) is 25.6. The van der Waals surface area contributed by atoms with Gasteiger partial charge in [0.05, 0.1) is 12.3 Å². The third kappa shape index (κ3) is 5.51. The number of nitrogens with zero attached hydrogens (tertiary/aromatic N) is 3. The third-order valence-electron chi connectivity index (χ3n) is 6.72. The average molecular weight is 489 g/mol. The molecule has 190 valence electrons. The number of carbonyl (C=O) groups excluding carboxylic acids is 2. The van der Waals surface area contributed by atoms with Crippen LogP contribution >= 0.6 is 0 Å². The number of hydrogen-bond acceptors (Lipinski definition) is 5. The number of aliphatic imine (C=N–C) groups is 1. The number of amides is 2. The summed E-state index contributed by atoms with van der Waals surface area (Å²) in [5.41, 5.74) is 12.4. The van der Waals surface area contributed by atoms with Gasteiger partial charge in [-0.15, -0.1) is 0 Å². The summed E-state index contributed by atoms with van der Waals surface area (Å²) in [6, 6.07) is 12.1. The lowest BCUT2D eigenvalue weighted by molar-refractivity contribution is -0.127. The molecule has 2 aliphatic rings. The van der Waals surface area contributed by atoms with Gasteiger partial charge in [-0.05, 0) is 54.2 Å². The molecule has 2 N–H and O–H groups in total. The minimum Gasteiger partial charge on any atom is -0.387 e. The fourth-order valence-electron chi connectivity index (χ4n) is 4.90. The number of nitrogens with two attached hydrogens (primary N) is 1. The van der Waals surface area contributed by atoms with Crippen molar-refractivity contribution in [2.24, 2.45) is 10.7 Å². The van der Waals surface area contributed by atoms with Crippen molar-refractivity contribution in [2.75, 3.05) is 39.9 Å². The van der Waals surface area contributed by atoms with Crippen LogP contribution in [0, 0.1) is 0 Å². The Balaban J connectivity index is 1.61. The fourth-order valence-corrected chi connectivity index (χ4v) is 4.90. The van der Waals surface area contributed by atoms with Crippen LogP contribution < -0.4 is 5.73 Å². The SMILES string of the molecule is CCCN(CCC)C(=O)C1=Cc2ccc(-c3ccc4c(c3)CCN(CCOC)C4=O)cc2N=C(N)C1. The molecule has 2 heterocycles. The Morgan fingerprint density at radius 1 is 1.11 bits per heavy atom. The molecule has 36 heavy (non-hydrogen) atoms. The molecule has 0 radical (unpaired) electrons. The summed E-state index contributed by atoms with van der Waals surface area (Å²) >= 11 is 0. The summed E-state index contributed by atoms with van der Waals surface area (Å²) in [5, 5.41) is 0. The highest BCUT2D eigenvalue weighted by Gasteiger charge is 2.25. The van der Waals surface area contributed by atoms with E-state index in [1.807, 2.05) is 46.2 Å². The highest BCUT2D eigenvalue weighted by atomic mass is 16.5. The van der Waals surface area contributed by atoms with E-state index in [4.69, 9.17) is 10.5 Å². The normalized spacial score (nSPS) is 15.0. The van der Waals surface area contributed by atoms with E-state index in [0.29, 0.717) is 37.5 Å². The molecule has 7 heteroatoms. The van der Waals surface area contributed by atoms with Crippen molar-refractivity contribution in [3.05, 3.63) is 58.7 Å². The molecule has 0 bridgehead atoms. The molecule has 2 amide bonds. The zero-order valence-corrected chi connectivity index (χ0v) is 21.5. The van der Waals surface area contributed by atoms with Crippen molar-refractivity contribution < 1.29 is 14.3 Å². The summed E-state index contributed by atoms with van der Waals surface area (Å²) in [4.78, 5) is 34.5. The number of amidine groups is 1. The number of methoxy groups -OCH3 is 1. The number of benzene rings is 2. The second kappa shape index (κ2) is 11.5. The summed E-state index contributed by atoms with van der Waals surface area (Å²) in [7, 11) is 1.65. The van der Waals surface area contributed by atoms with Gasteiger partial charge in [-0.2, -0.15) is 0 Å². The molecule has 7 nitrogen and oxygen atoms in total. The topological polar surface area (TPSA) is 88.2 Å². The van der Waals surface area contributed by atoms with Crippen molar-refractivity contribution in [1.29, 1.82) is 0 Å². The Morgan fingerprint density at radius 3 is 2.56 bits per heavy atom. The minimum atomic E-state index is 0.0349. The second-order valence-electron chi connectivity index (χ2n) is 9.42. The number of hydrogen-bond donors (Lipinski definition) is 1. The second-order valence-corrected chi connectivity index (χ2v) is 9.42. The molecule has 0 saturated carbocycles. The van der Waals surface area contributed by atoms with Crippen LogP contribution in [-0.4, -0.2) is 67.3 Å². The largest absolute Gasteiger partial charge is 0.387 e. The number of rotatable bonds is 9. The van der Waals surface area contributed by atoms with E-state index in [-0.39, 0.29) is 11.8 Å². The fraction of sp³-hybridized carbons (Fsp3) is 0.414. The van der Waals surface area contributed by atoms with Gasteiger partial charge < -0.3 is 20.3 Å². The van der Waals surface area contributed by atoms with Crippen molar-refractivity contribution in [3.8, 4) is 11.1 Å². The van der Waals surface area contributed by atoms with E-state index in [2.05, 4.69) is 24.9 Å². The first-order valence-corrected chi connectivity index (χ1v) is 12.8. The van der Waals surface area contributed by atoms with Gasteiger partial charge in [0, 0.05) is 56.4 Å². The lowest BCUT2D eigenvalue weighted by atomic mass is 9.93. The maximum absolute atomic E-state index is 13.2. The smallest absolute Gasteiger partial charge is 0.254 e. The molecule has 4 rings (SSSR count). The molecule has 2 aromatic carbocycles. The van der Waals surface area contributed by atoms with E-state index < -0.39 is 0 Å². The van der Waals surface area contributed by atoms with Gasteiger partial charge in [-0.25, -0.2) is 4.99 Å². The summed E-state index contributed by atoms with van der Waals surface area (Å²) in [6.45, 7) is 7.46. The quantitative estimate of drug-likeness (QED) is 0.566. The van der Waals surface area contributed by atoms with Gasteiger partial charge in [-0.3, -0.25) is 9.59 Å². The lowest BCUT2D eigenvalue weighted by Gasteiger charge is -2.28. The zero-order chi connectivity index (χ0) is 25.7. The van der Waals surface area contributed by atoms with Crippen molar-refractivity contribution in [3.63, 3.8) is 0 Å². The van der Waals surface area contributed by atoms with Crippen molar-refractivity contribution in [1.82, 2.24) is 9.80 Å². The Kier molecular flexibility index (Phi) is 8.21. The lowest BCUT2D eigenvalue weighted by Crippen LogP contribution is -2.39. The van der Waals surface area contributed by atoms with Gasteiger partial charge >= 0.3 is 0 Å². The molecular weight excluding hydrogens is 452 g/mol. The molecular formula is C29H36N4O3. The third-order valence-corrected chi connectivity index (χ3v) is 6.72. The summed E-state index contributed by atoms with van der Waals surface area (Å²) in [5.74, 6) is 0.528. The Labute approximate surface area is 213 Å². The standard InChI is InChI=1S/C29H36N4O3/c1-4-11-32(12-5-2)28(34)24-17-23-7-6-21(18-26(23)31-27(30)19-24)20-8-9-25-22(16-20)10-13-33(29(25)35)14-15-36-3/h6-9,16-18H,4-5,10-15,19H2,1-3H3,(H2,30,31). The van der Waals surface area contributed by atoms with Gasteiger partial charge in [0.2, 0.25) is 5.91 Å². The molecule has 0 saturated heterocycles. The Morgan fingerprint density at radius 2 is 1.83 bits per heavy atom. The number of carbonyl (C=O) groups is 2. The maximum Gasteiger partial charge on any atom is 0.254 e. The van der Waals surface area contributed by atoms with Crippen LogP contribution in [0.2, 0.25) is 0 Å². The van der Waals surface area contributed by atoms with Gasteiger partial charge in [0.25, 0.3) is 5.91 Å². The minimum absolute atomic E-state index is 0.0349. The van der Waals surface area contributed by atoms with Crippen LogP contribution in [0.4, 0.5) is 5.69 Å². The molecule has 2 aliphatic heterocycles. The zero-order valence-electron chi connectivity index (χ0n) is 21.5. The van der Waals surface area contributed by atoms with E-state index in [1.54, 1.807) is 7.11 Å². The first-order valence-electron chi connectivity index (χ1n) is 12.8. The summed E-state index contributed by atoms with van der Waals surface area (Å²) in [6.07, 6.45) is 4.92. The van der Waals surface area contributed by atoms with Crippen LogP contribution in [0.15, 0.2) is 47.0 Å². The molecule has 0 unspecified atom stereocenters. The van der Waals surface area contributed by atoms with E-state index in [1.165, 1.54) is 0 Å². The van der Waals surface area contributed by atoms with E-state index >= 15 is 0 Å². The number of fused-ring (bicyclic) bond motifs is 2. The van der Waals surface area contributed by atoms with Crippen molar-refractivity contribution in [2.45, 2.75) is 39.5 Å². The molecule has 0 atom stereocenters. The average Bonchev–Trinajstić information content (AvgIpc) is 3.05. The van der Waals surface area contributed by atoms with Crippen LogP contribution in [0.25, 0.3) is 17.2 Å². The summed E-state index contributed by atoms with van der Waals surface area (Å²) < 4.78 is 5.13. The van der Waals surface area contributed by atoms with Crippen molar-refractivity contribution >= 4 is 29.4 Å². The van der Waals surface area contributed by atoms with E-state index in [0.717, 1.165) is 65.9 Å². The molecule has 0 aliphatic carbocycles. The molecule has 2 aromatic rings. The Hall–Kier alpha value is -3.45. The predicted octanol–water partition coefficient (Wildman–Crippen LogP) is 4.42. The van der Waals surface area contributed by atoms with Gasteiger partial charge in [0.15, 0.2) is 0 Å². The highest BCUT2D eigenvalue weighted by Crippen LogP contribution is 2.33.